The van der Waals surface area contributed by atoms with Gasteiger partial charge in [0.05, 0.1) is 33.4 Å². The third kappa shape index (κ3) is 11.6. The third-order valence-corrected chi connectivity index (χ3v) is 23.4. The number of fused-ring (bicyclic) bond motifs is 11. The Morgan fingerprint density at radius 2 is 0.642 bits per heavy atom. The molecule has 4 nitrogen and oxygen atoms in total. The van der Waals surface area contributed by atoms with Crippen molar-refractivity contribution in [1.29, 1.82) is 0 Å². The third-order valence-electron chi connectivity index (χ3n) is 23.4. The van der Waals surface area contributed by atoms with Gasteiger partial charge in [0.1, 0.15) is 0 Å². The molecule has 109 heavy (non-hydrogen) atoms. The number of rotatable bonds is 9. The van der Waals surface area contributed by atoms with Gasteiger partial charge in [0.15, 0.2) is 0 Å². The summed E-state index contributed by atoms with van der Waals surface area (Å²) in [5.41, 5.74) is 34.8. The maximum Gasteiger partial charge on any atom is 0.252 e. The van der Waals surface area contributed by atoms with Crippen LogP contribution in [0.2, 0.25) is 0 Å². The second kappa shape index (κ2) is 25.5. The minimum Gasteiger partial charge on any atom is -0.310 e. The Bertz CT molecular complexity index is 6130. The molecule has 18 rings (SSSR count). The first-order valence-electron chi connectivity index (χ1n) is 39.1. The van der Waals surface area contributed by atoms with E-state index in [1.54, 1.807) is 0 Å². The van der Waals surface area contributed by atoms with Crippen molar-refractivity contribution in [3.8, 4) is 67.0 Å². The summed E-state index contributed by atoms with van der Waals surface area (Å²) in [5, 5.41) is 4.87. The summed E-state index contributed by atoms with van der Waals surface area (Å²) < 4.78 is 5.07. The topological polar surface area (TPSA) is 16.3 Å². The molecule has 0 N–H and O–H groups in total. The van der Waals surface area contributed by atoms with E-state index in [4.69, 9.17) is 0 Å². The van der Waals surface area contributed by atoms with Crippen LogP contribution in [-0.4, -0.2) is 15.8 Å². The lowest BCUT2D eigenvalue weighted by Crippen LogP contribution is -2.61. The van der Waals surface area contributed by atoms with Crippen LogP contribution in [0.4, 0.5) is 34.1 Å². The first-order valence-corrected chi connectivity index (χ1v) is 39.1. The Morgan fingerprint density at radius 3 is 1.11 bits per heavy atom. The first-order chi connectivity index (χ1) is 52.3. The van der Waals surface area contributed by atoms with Crippen LogP contribution in [0.3, 0.4) is 0 Å². The lowest BCUT2D eigenvalue weighted by molar-refractivity contribution is 0.569. The van der Waals surface area contributed by atoms with Gasteiger partial charge < -0.3 is 18.9 Å². The van der Waals surface area contributed by atoms with Crippen LogP contribution < -0.4 is 26.2 Å². The van der Waals surface area contributed by atoms with E-state index < -0.39 is 0 Å². The molecule has 4 heterocycles. The molecule has 0 radical (unpaired) electrons. The van der Waals surface area contributed by atoms with E-state index in [0.29, 0.717) is 0 Å². The molecule has 0 amide bonds. The van der Waals surface area contributed by atoms with E-state index in [9.17, 15) is 0 Å². The van der Waals surface area contributed by atoms with E-state index in [0.717, 1.165) is 56.5 Å². The molecule has 0 spiro atoms. The summed E-state index contributed by atoms with van der Waals surface area (Å²) in [4.78, 5) is 5.50. The molecule has 14 aromatic carbocycles. The van der Waals surface area contributed by atoms with E-state index >= 15 is 0 Å². The average molecular weight is 1410 g/mol. The highest BCUT2D eigenvalue weighted by molar-refractivity contribution is 7.00. The fraction of sp³-hybridized carbons (Fsp3) is 0.192. The normalized spacial score (nSPS) is 13.2. The monoisotopic (exact) mass is 1410 g/mol. The SMILES string of the molecule is CC(C)(C)c1cc(-c2ccc3c(c2)B2c4ccc(-n5c6ccccc6c6ccc7c(c8ccccc8n7-c7ccccc7)c65)cc4N(c4c(-c5ccccc5)cc(C(C)(C)C)cc4-c4ccccc4)c4cc(C(C)(C)C)cc(c42)N3c2c(-c3ccccc3)cc(C(C)(C)C)cc2-c2ccccc2)cc(C(C)(C)C)c1. The number of para-hydroxylation sites is 3. The van der Waals surface area contributed by atoms with Gasteiger partial charge >= 0.3 is 0 Å². The van der Waals surface area contributed by atoms with Gasteiger partial charge in [0, 0.05) is 77.9 Å². The Kier molecular flexibility index (Phi) is 16.2. The van der Waals surface area contributed by atoms with Gasteiger partial charge in [-0.05, 0) is 190 Å². The van der Waals surface area contributed by atoms with E-state index in [1.807, 2.05) is 0 Å². The first kappa shape index (κ1) is 69.1. The van der Waals surface area contributed by atoms with Crippen molar-refractivity contribution < 1.29 is 0 Å². The molecule has 2 aliphatic rings. The van der Waals surface area contributed by atoms with Crippen molar-refractivity contribution >= 4 is 101 Å². The molecule has 2 aliphatic heterocycles. The number of anilines is 6. The predicted molar refractivity (Wildman–Crippen MR) is 470 cm³/mol. The van der Waals surface area contributed by atoms with E-state index in [2.05, 4.69) is 426 Å². The Balaban J connectivity index is 1.04. The Labute approximate surface area is 644 Å². The molecular formula is C104H95BN4. The molecule has 5 heteroatoms. The molecule has 0 saturated heterocycles. The maximum absolute atomic E-state index is 2.76. The summed E-state index contributed by atoms with van der Waals surface area (Å²) in [6.45, 7) is 35.3. The second-order valence-electron chi connectivity index (χ2n) is 35.8. The molecule has 0 aliphatic carbocycles. The van der Waals surface area contributed by atoms with Crippen LogP contribution in [0.1, 0.15) is 132 Å². The van der Waals surface area contributed by atoms with E-state index in [1.165, 1.54) is 132 Å². The molecule has 0 saturated carbocycles. The smallest absolute Gasteiger partial charge is 0.252 e. The van der Waals surface area contributed by atoms with Crippen LogP contribution >= 0.6 is 0 Å². The summed E-state index contributed by atoms with van der Waals surface area (Å²) >= 11 is 0. The molecule has 0 unspecified atom stereocenters. The molecule has 0 fully saturated rings. The molecule has 0 bridgehead atoms. The minimum absolute atomic E-state index is 0.104. The van der Waals surface area contributed by atoms with Crippen LogP contribution in [0.25, 0.3) is 111 Å². The standard InChI is InChI=1S/C104H95BN4/c1-100(2,3)72-55-71(56-73(58-72)101(4,5)6)70-49-53-90-87(57-70)105-86-52-50-78(107-88-47-33-31-45-79(88)80-51-54-91-95(99(80)107)81-46-32-34-48-89(81)106(91)77-43-29-20-30-44-77)65-92(86)109(98-84(68-39-25-18-26-40-68)61-75(103(10,11)12)62-85(98)69-41-27-19-28-42-69)94-64-76(104(13,14)15)63-93(96(94)105)108(90)97-82(66-35-21-16-22-36-66)59-74(102(7,8)9)60-83(97)67-37-23-17-24-38-67/h16-65H,1-15H3. The van der Waals surface area contributed by atoms with Crippen molar-refractivity contribution in [3.05, 3.63) is 331 Å². The van der Waals surface area contributed by atoms with Crippen LogP contribution in [0, 0.1) is 0 Å². The Morgan fingerprint density at radius 1 is 0.239 bits per heavy atom. The number of benzene rings is 14. The lowest BCUT2D eigenvalue weighted by atomic mass is 9.33. The summed E-state index contributed by atoms with van der Waals surface area (Å²) in [6.07, 6.45) is 0. The van der Waals surface area contributed by atoms with Crippen LogP contribution in [0.15, 0.2) is 303 Å². The Hall–Kier alpha value is -11.7. The molecule has 0 atom stereocenters. The fourth-order valence-corrected chi connectivity index (χ4v) is 17.5. The second-order valence-corrected chi connectivity index (χ2v) is 35.8. The molecule has 534 valence electrons. The van der Waals surface area contributed by atoms with Gasteiger partial charge in [0.2, 0.25) is 0 Å². The summed E-state index contributed by atoms with van der Waals surface area (Å²) in [7, 11) is 0. The van der Waals surface area contributed by atoms with Crippen molar-refractivity contribution in [1.82, 2.24) is 9.13 Å². The summed E-state index contributed by atoms with van der Waals surface area (Å²) in [5.74, 6) is 0. The summed E-state index contributed by atoms with van der Waals surface area (Å²) in [6, 6.07) is 117. The largest absolute Gasteiger partial charge is 0.310 e. The van der Waals surface area contributed by atoms with Gasteiger partial charge in [0.25, 0.3) is 6.71 Å². The molecule has 2 aromatic heterocycles. The van der Waals surface area contributed by atoms with Gasteiger partial charge in [-0.25, -0.2) is 0 Å². The van der Waals surface area contributed by atoms with Gasteiger partial charge in [-0.3, -0.25) is 0 Å². The fourth-order valence-electron chi connectivity index (χ4n) is 17.5. The molecule has 16 aromatic rings. The zero-order valence-corrected chi connectivity index (χ0v) is 65.7. The van der Waals surface area contributed by atoms with Crippen molar-refractivity contribution in [2.24, 2.45) is 0 Å². The van der Waals surface area contributed by atoms with Crippen LogP contribution in [0.5, 0.6) is 0 Å². The lowest BCUT2D eigenvalue weighted by Gasteiger charge is -2.47. The number of hydrogen-bond acceptors (Lipinski definition) is 2. The highest BCUT2D eigenvalue weighted by Crippen LogP contribution is 2.56. The van der Waals surface area contributed by atoms with Gasteiger partial charge in [-0.1, -0.05) is 322 Å². The number of nitrogens with zero attached hydrogens (tertiary/aromatic N) is 4. The highest BCUT2D eigenvalue weighted by Gasteiger charge is 2.47. The zero-order chi connectivity index (χ0) is 75.4. The van der Waals surface area contributed by atoms with Crippen molar-refractivity contribution in [3.63, 3.8) is 0 Å². The quantitative estimate of drug-likeness (QED) is 0.134. The molecular weight excluding hydrogens is 1320 g/mol. The number of hydrogen-bond donors (Lipinski definition) is 0. The number of aromatic nitrogens is 2. The minimum atomic E-state index is -0.331. The van der Waals surface area contributed by atoms with Crippen molar-refractivity contribution in [2.75, 3.05) is 9.80 Å². The van der Waals surface area contributed by atoms with Crippen LogP contribution in [-0.2, 0) is 27.1 Å². The highest BCUT2D eigenvalue weighted by atomic mass is 15.2. The van der Waals surface area contributed by atoms with E-state index in [-0.39, 0.29) is 33.8 Å². The van der Waals surface area contributed by atoms with Crippen molar-refractivity contribution in [2.45, 2.75) is 131 Å². The maximum atomic E-state index is 2.76. The average Bonchev–Trinajstić information content (AvgIpc) is 1.04. The zero-order valence-electron chi connectivity index (χ0n) is 65.7. The van der Waals surface area contributed by atoms with Gasteiger partial charge in [-0.2, -0.15) is 0 Å². The predicted octanol–water partition coefficient (Wildman–Crippen LogP) is 26.8. The van der Waals surface area contributed by atoms with Gasteiger partial charge in [-0.15, -0.1) is 0 Å².